The highest BCUT2D eigenvalue weighted by Gasteiger charge is 2.42. The van der Waals surface area contributed by atoms with E-state index in [1.807, 2.05) is 81.4 Å². The van der Waals surface area contributed by atoms with E-state index in [0.29, 0.717) is 21.6 Å². The number of carbonyl (C=O) groups excluding carboxylic acids is 1. The van der Waals surface area contributed by atoms with Gasteiger partial charge in [-0.25, -0.2) is 0 Å². The molecule has 2 aromatic carbocycles. The number of thiocarbonyl (C=S) groups is 1. The van der Waals surface area contributed by atoms with Crippen LogP contribution < -0.4 is 20.3 Å². The molecule has 0 unspecified atom stereocenters. The van der Waals surface area contributed by atoms with Crippen LogP contribution in [0.1, 0.15) is 55.5 Å². The van der Waals surface area contributed by atoms with Crippen LogP contribution in [-0.4, -0.2) is 27.7 Å². The molecule has 2 atom stereocenters. The van der Waals surface area contributed by atoms with Crippen molar-refractivity contribution in [3.05, 3.63) is 101 Å². The Bertz CT molecular complexity index is 1600. The van der Waals surface area contributed by atoms with Crippen LogP contribution >= 0.6 is 23.8 Å². The average Bonchev–Trinajstić information content (AvgIpc) is 3.44. The Morgan fingerprint density at radius 1 is 1.05 bits per heavy atom. The maximum atomic E-state index is 12.7. The second-order valence-electron chi connectivity index (χ2n) is 11.2. The van der Waals surface area contributed by atoms with Gasteiger partial charge in [-0.05, 0) is 86.2 Å². The third-order valence-corrected chi connectivity index (χ3v) is 7.93. The summed E-state index contributed by atoms with van der Waals surface area (Å²) in [6.45, 7) is 9.85. The van der Waals surface area contributed by atoms with Crippen LogP contribution in [-0.2, 0) is 4.79 Å². The molecule has 2 aromatic heterocycles. The van der Waals surface area contributed by atoms with Crippen molar-refractivity contribution in [3.63, 3.8) is 0 Å². The first-order valence-electron chi connectivity index (χ1n) is 13.4. The molecule has 0 bridgehead atoms. The standard InChI is InChI=1S/C32H34ClN5O2S/c1-19-17-24(20(2)37(19)22-12-10-21(33)11-13-22)29-28(26-9-7-8-16-34-26)36-31(41)38(29)23-14-15-25(27(18-23)40-6)35-30(39)32(3,4)5/h7-18,28-29H,1-6H3,(H,35,39)(H,36,41)/t28-,29+/m1/s1. The van der Waals surface area contributed by atoms with Crippen molar-refractivity contribution in [3.8, 4) is 11.4 Å². The van der Waals surface area contributed by atoms with Gasteiger partial charge < -0.3 is 24.8 Å². The van der Waals surface area contributed by atoms with Gasteiger partial charge in [0.15, 0.2) is 5.11 Å². The summed E-state index contributed by atoms with van der Waals surface area (Å²) in [4.78, 5) is 19.5. The predicted octanol–water partition coefficient (Wildman–Crippen LogP) is 7.31. The molecule has 1 aliphatic heterocycles. The number of halogens is 1. The van der Waals surface area contributed by atoms with Crippen LogP contribution in [0.3, 0.4) is 0 Å². The van der Waals surface area contributed by atoms with Gasteiger partial charge in [0.2, 0.25) is 5.91 Å². The third-order valence-electron chi connectivity index (χ3n) is 7.36. The lowest BCUT2D eigenvalue weighted by Gasteiger charge is -2.29. The quantitative estimate of drug-likeness (QED) is 0.230. The first-order valence-corrected chi connectivity index (χ1v) is 14.2. The van der Waals surface area contributed by atoms with Crippen LogP contribution in [0, 0.1) is 19.3 Å². The fourth-order valence-electron chi connectivity index (χ4n) is 5.27. The summed E-state index contributed by atoms with van der Waals surface area (Å²) in [7, 11) is 1.60. The molecule has 2 N–H and O–H groups in total. The Hall–Kier alpha value is -3.88. The normalized spacial score (nSPS) is 17.0. The van der Waals surface area contributed by atoms with Gasteiger partial charge in [-0.1, -0.05) is 38.4 Å². The third kappa shape index (κ3) is 5.54. The fourth-order valence-corrected chi connectivity index (χ4v) is 5.74. The van der Waals surface area contributed by atoms with Gasteiger partial charge in [-0.3, -0.25) is 9.78 Å². The molecular weight excluding hydrogens is 554 g/mol. The highest BCUT2D eigenvalue weighted by atomic mass is 35.5. The second kappa shape index (κ2) is 11.2. The Labute approximate surface area is 251 Å². The van der Waals surface area contributed by atoms with Crippen LogP contribution in [0.2, 0.25) is 5.02 Å². The lowest BCUT2D eigenvalue weighted by atomic mass is 9.95. The highest BCUT2D eigenvalue weighted by molar-refractivity contribution is 7.80. The SMILES string of the molecule is COc1cc(N2C(=S)N[C@H](c3ccccn3)[C@@H]2c2cc(C)n(-c3ccc(Cl)cc3)c2C)ccc1NC(=O)C(C)(C)C. The fraction of sp³-hybridized carbons (Fsp3) is 0.281. The number of aryl methyl sites for hydroxylation is 1. The van der Waals surface area contributed by atoms with Gasteiger partial charge >= 0.3 is 0 Å². The topological polar surface area (TPSA) is 71.4 Å². The van der Waals surface area contributed by atoms with Crippen molar-refractivity contribution in [2.45, 2.75) is 46.7 Å². The molecule has 0 spiro atoms. The van der Waals surface area contributed by atoms with Crippen LogP contribution in [0.25, 0.3) is 5.69 Å². The Morgan fingerprint density at radius 3 is 2.39 bits per heavy atom. The number of amides is 1. The van der Waals surface area contributed by atoms with E-state index in [-0.39, 0.29) is 18.0 Å². The van der Waals surface area contributed by atoms with Gasteiger partial charge in [-0.2, -0.15) is 0 Å². The van der Waals surface area contributed by atoms with E-state index in [2.05, 4.69) is 45.0 Å². The molecule has 0 radical (unpaired) electrons. The van der Waals surface area contributed by atoms with Gasteiger partial charge in [0.05, 0.1) is 30.6 Å². The number of pyridine rings is 1. The van der Waals surface area contributed by atoms with E-state index in [4.69, 9.17) is 28.6 Å². The monoisotopic (exact) mass is 587 g/mol. The van der Waals surface area contributed by atoms with Gasteiger partial charge in [0, 0.05) is 45.5 Å². The van der Waals surface area contributed by atoms with Crippen molar-refractivity contribution in [2.75, 3.05) is 17.3 Å². The summed E-state index contributed by atoms with van der Waals surface area (Å²) in [6, 6.07) is 21.3. The lowest BCUT2D eigenvalue weighted by molar-refractivity contribution is -0.123. The van der Waals surface area contributed by atoms with E-state index in [1.54, 1.807) is 13.3 Å². The Morgan fingerprint density at radius 2 is 1.76 bits per heavy atom. The zero-order valence-electron chi connectivity index (χ0n) is 24.0. The highest BCUT2D eigenvalue weighted by Crippen LogP contribution is 2.45. The minimum atomic E-state index is -0.544. The van der Waals surface area contributed by atoms with Gasteiger partial charge in [0.1, 0.15) is 5.75 Å². The van der Waals surface area contributed by atoms with E-state index < -0.39 is 5.41 Å². The van der Waals surface area contributed by atoms with Crippen molar-refractivity contribution < 1.29 is 9.53 Å². The molecule has 1 amide bonds. The maximum absolute atomic E-state index is 12.7. The zero-order valence-corrected chi connectivity index (χ0v) is 25.6. The zero-order chi connectivity index (χ0) is 29.5. The average molecular weight is 588 g/mol. The molecule has 1 saturated heterocycles. The first kappa shape index (κ1) is 28.6. The molecule has 1 fully saturated rings. The number of hydrogen-bond acceptors (Lipinski definition) is 4. The smallest absolute Gasteiger partial charge is 0.229 e. The number of anilines is 2. The van der Waals surface area contributed by atoms with Crippen molar-refractivity contribution in [2.24, 2.45) is 5.41 Å². The number of carbonyl (C=O) groups is 1. The summed E-state index contributed by atoms with van der Waals surface area (Å²) in [6.07, 6.45) is 1.80. The van der Waals surface area contributed by atoms with E-state index in [9.17, 15) is 4.79 Å². The van der Waals surface area contributed by atoms with E-state index in [1.165, 1.54) is 0 Å². The predicted molar refractivity (Wildman–Crippen MR) is 169 cm³/mol. The molecule has 41 heavy (non-hydrogen) atoms. The summed E-state index contributed by atoms with van der Waals surface area (Å²) >= 11 is 12.1. The lowest BCUT2D eigenvalue weighted by Crippen LogP contribution is -2.30. The van der Waals surface area contributed by atoms with Gasteiger partial charge in [-0.15, -0.1) is 0 Å². The maximum Gasteiger partial charge on any atom is 0.229 e. The minimum absolute atomic E-state index is 0.0929. The number of ether oxygens (including phenoxy) is 1. The number of hydrogen-bond donors (Lipinski definition) is 2. The first-order chi connectivity index (χ1) is 19.5. The Balaban J connectivity index is 1.62. The molecule has 0 saturated carbocycles. The van der Waals surface area contributed by atoms with Crippen molar-refractivity contribution in [1.29, 1.82) is 0 Å². The summed E-state index contributed by atoms with van der Waals surface area (Å²) in [5, 5.41) is 7.80. The molecule has 4 aromatic rings. The van der Waals surface area contributed by atoms with Crippen LogP contribution in [0.5, 0.6) is 5.75 Å². The van der Waals surface area contributed by atoms with Crippen LogP contribution in [0.15, 0.2) is 72.9 Å². The van der Waals surface area contributed by atoms with Crippen molar-refractivity contribution >= 4 is 46.2 Å². The molecular formula is C32H34ClN5O2S. The summed E-state index contributed by atoms with van der Waals surface area (Å²) < 4.78 is 7.96. The van der Waals surface area contributed by atoms with E-state index in [0.717, 1.165) is 34.0 Å². The summed E-state index contributed by atoms with van der Waals surface area (Å²) in [5.41, 5.74) is 6.12. The number of rotatable bonds is 6. The number of nitrogens with one attached hydrogen (secondary N) is 2. The minimum Gasteiger partial charge on any atom is -0.494 e. The molecule has 1 aliphatic rings. The van der Waals surface area contributed by atoms with Crippen molar-refractivity contribution in [1.82, 2.24) is 14.9 Å². The molecule has 9 heteroatoms. The molecule has 7 nitrogen and oxygen atoms in total. The molecule has 3 heterocycles. The van der Waals surface area contributed by atoms with Crippen LogP contribution in [0.4, 0.5) is 11.4 Å². The largest absolute Gasteiger partial charge is 0.494 e. The molecule has 5 rings (SSSR count). The summed E-state index contributed by atoms with van der Waals surface area (Å²) in [5.74, 6) is 0.458. The molecule has 0 aliphatic carbocycles. The number of aromatic nitrogens is 2. The number of methoxy groups -OCH3 is 1. The number of nitrogens with zero attached hydrogens (tertiary/aromatic N) is 3. The number of benzene rings is 2. The second-order valence-corrected chi connectivity index (χ2v) is 12.0. The van der Waals surface area contributed by atoms with Gasteiger partial charge in [0.25, 0.3) is 0 Å². The Kier molecular flexibility index (Phi) is 7.81. The van der Waals surface area contributed by atoms with E-state index >= 15 is 0 Å². The molecule has 212 valence electrons.